The number of aromatic nitrogens is 2. The largest absolute Gasteiger partial charge is 0.357 e. The highest BCUT2D eigenvalue weighted by molar-refractivity contribution is 5.80. The number of benzene rings is 1. The van der Waals surface area contributed by atoms with E-state index < -0.39 is 0 Å². The number of aryl methyl sites for hydroxylation is 3. The van der Waals surface area contributed by atoms with Crippen LogP contribution in [0.2, 0.25) is 0 Å². The van der Waals surface area contributed by atoms with Crippen molar-refractivity contribution in [1.29, 1.82) is 0 Å². The topological polar surface area (TPSA) is 57.5 Å². The Morgan fingerprint density at radius 2 is 1.83 bits per heavy atom. The zero-order valence-electron chi connectivity index (χ0n) is 19.4. The maximum absolute atomic E-state index is 4.90. The van der Waals surface area contributed by atoms with Crippen LogP contribution in [0, 0.1) is 20.8 Å². The van der Waals surface area contributed by atoms with Crippen LogP contribution in [0.25, 0.3) is 0 Å². The molecule has 0 spiro atoms. The highest BCUT2D eigenvalue weighted by Gasteiger charge is 2.16. The van der Waals surface area contributed by atoms with Gasteiger partial charge in [-0.2, -0.15) is 5.10 Å². The standard InChI is InChI=1S/C23H38N6/c1-9-24-23(26-17(3)14-21-18(4)27-29(8)19(21)5)25-15-22(28(6)7)20-12-10-16(2)11-13-20/h10-13,17,22H,9,14-15H2,1-8H3,(H2,24,25,26). The number of aliphatic imine (C=N–C) groups is 1. The minimum absolute atomic E-state index is 0.240. The van der Waals surface area contributed by atoms with Gasteiger partial charge in [-0.15, -0.1) is 0 Å². The van der Waals surface area contributed by atoms with E-state index in [1.807, 2.05) is 11.7 Å². The Bertz CT molecular complexity index is 804. The second-order valence-corrected chi connectivity index (χ2v) is 8.13. The van der Waals surface area contributed by atoms with Crippen LogP contribution in [-0.2, 0) is 13.5 Å². The van der Waals surface area contributed by atoms with E-state index in [1.165, 1.54) is 22.4 Å². The summed E-state index contributed by atoms with van der Waals surface area (Å²) >= 11 is 0. The van der Waals surface area contributed by atoms with Crippen LogP contribution >= 0.6 is 0 Å². The third-order valence-corrected chi connectivity index (χ3v) is 5.40. The van der Waals surface area contributed by atoms with Crippen molar-refractivity contribution in [1.82, 2.24) is 25.3 Å². The summed E-state index contributed by atoms with van der Waals surface area (Å²) in [6.45, 7) is 12.2. The summed E-state index contributed by atoms with van der Waals surface area (Å²) in [4.78, 5) is 7.12. The van der Waals surface area contributed by atoms with Crippen LogP contribution in [0.5, 0.6) is 0 Å². The quantitative estimate of drug-likeness (QED) is 0.530. The molecule has 2 aromatic rings. The lowest BCUT2D eigenvalue weighted by Gasteiger charge is -2.24. The van der Waals surface area contributed by atoms with Gasteiger partial charge in [-0.3, -0.25) is 9.67 Å². The summed E-state index contributed by atoms with van der Waals surface area (Å²) in [5.41, 5.74) is 6.21. The van der Waals surface area contributed by atoms with Gasteiger partial charge in [0.1, 0.15) is 0 Å². The number of hydrogen-bond donors (Lipinski definition) is 2. The number of likely N-dealkylation sites (N-methyl/N-ethyl adjacent to an activating group) is 1. The summed E-state index contributed by atoms with van der Waals surface area (Å²) in [5, 5.41) is 11.5. The smallest absolute Gasteiger partial charge is 0.191 e. The molecule has 160 valence electrons. The lowest BCUT2D eigenvalue weighted by atomic mass is 10.0. The van der Waals surface area contributed by atoms with Crippen LogP contribution in [0.1, 0.15) is 48.0 Å². The van der Waals surface area contributed by atoms with E-state index in [1.54, 1.807) is 0 Å². The molecule has 2 unspecified atom stereocenters. The molecule has 2 atom stereocenters. The molecule has 0 amide bonds. The van der Waals surface area contributed by atoms with E-state index in [4.69, 9.17) is 4.99 Å². The van der Waals surface area contributed by atoms with E-state index in [9.17, 15) is 0 Å². The van der Waals surface area contributed by atoms with E-state index >= 15 is 0 Å². The van der Waals surface area contributed by atoms with E-state index in [2.05, 4.69) is 93.6 Å². The third-order valence-electron chi connectivity index (χ3n) is 5.40. The third kappa shape index (κ3) is 6.32. The molecule has 0 aliphatic heterocycles. The first-order valence-corrected chi connectivity index (χ1v) is 10.5. The average Bonchev–Trinajstić information content (AvgIpc) is 2.89. The van der Waals surface area contributed by atoms with Gasteiger partial charge in [0.05, 0.1) is 18.3 Å². The maximum atomic E-state index is 4.90. The van der Waals surface area contributed by atoms with Crippen LogP contribution in [-0.4, -0.2) is 53.9 Å². The number of hydrogen-bond acceptors (Lipinski definition) is 3. The van der Waals surface area contributed by atoms with Gasteiger partial charge in [0.25, 0.3) is 0 Å². The number of rotatable bonds is 8. The van der Waals surface area contributed by atoms with Crippen LogP contribution in [0.15, 0.2) is 29.3 Å². The van der Waals surface area contributed by atoms with Crippen LogP contribution in [0.3, 0.4) is 0 Å². The summed E-state index contributed by atoms with van der Waals surface area (Å²) in [7, 11) is 6.22. The van der Waals surface area contributed by atoms with Gasteiger partial charge >= 0.3 is 0 Å². The average molecular weight is 399 g/mol. The molecule has 6 heteroatoms. The van der Waals surface area contributed by atoms with Gasteiger partial charge in [-0.25, -0.2) is 0 Å². The molecule has 0 radical (unpaired) electrons. The first-order valence-electron chi connectivity index (χ1n) is 10.5. The van der Waals surface area contributed by atoms with Crippen molar-refractivity contribution >= 4 is 5.96 Å². The molecule has 0 saturated heterocycles. The summed E-state index contributed by atoms with van der Waals surface area (Å²) in [5.74, 6) is 0.859. The molecule has 2 rings (SSSR count). The molecule has 6 nitrogen and oxygen atoms in total. The van der Waals surface area contributed by atoms with Crippen molar-refractivity contribution in [2.75, 3.05) is 27.2 Å². The van der Waals surface area contributed by atoms with Crippen LogP contribution in [0.4, 0.5) is 0 Å². The second kappa shape index (κ2) is 10.4. The van der Waals surface area contributed by atoms with Gasteiger partial charge in [0, 0.05) is 25.3 Å². The predicted octanol–water partition coefficient (Wildman–Crippen LogP) is 3.13. The summed E-state index contributed by atoms with van der Waals surface area (Å²) < 4.78 is 1.96. The minimum atomic E-state index is 0.240. The van der Waals surface area contributed by atoms with Crippen molar-refractivity contribution in [3.05, 3.63) is 52.3 Å². The molecule has 2 N–H and O–H groups in total. The van der Waals surface area contributed by atoms with E-state index in [0.717, 1.165) is 24.6 Å². The van der Waals surface area contributed by atoms with E-state index in [-0.39, 0.29) is 12.1 Å². The lowest BCUT2D eigenvalue weighted by Crippen LogP contribution is -2.43. The molecule has 0 fully saturated rings. The Hall–Kier alpha value is -2.34. The Kier molecular flexibility index (Phi) is 8.26. The molecular formula is C23H38N6. The molecule has 0 bridgehead atoms. The fourth-order valence-corrected chi connectivity index (χ4v) is 3.56. The predicted molar refractivity (Wildman–Crippen MR) is 123 cm³/mol. The number of guanidine groups is 1. The molecular weight excluding hydrogens is 360 g/mol. The summed E-state index contributed by atoms with van der Waals surface area (Å²) in [6.07, 6.45) is 0.922. The van der Waals surface area contributed by atoms with Gasteiger partial charge in [-0.1, -0.05) is 29.8 Å². The second-order valence-electron chi connectivity index (χ2n) is 8.13. The Morgan fingerprint density at radius 3 is 2.34 bits per heavy atom. The van der Waals surface area contributed by atoms with Gasteiger partial charge in [0.2, 0.25) is 0 Å². The summed E-state index contributed by atoms with van der Waals surface area (Å²) in [6, 6.07) is 9.23. The van der Waals surface area contributed by atoms with Crippen molar-refractivity contribution in [3.63, 3.8) is 0 Å². The molecule has 0 saturated carbocycles. The fraction of sp³-hybridized carbons (Fsp3) is 0.565. The molecule has 0 aliphatic carbocycles. The van der Waals surface area contributed by atoms with Gasteiger partial charge < -0.3 is 15.5 Å². The lowest BCUT2D eigenvalue weighted by molar-refractivity contribution is 0.306. The van der Waals surface area contributed by atoms with Crippen LogP contribution < -0.4 is 10.6 Å². The number of nitrogens with zero attached hydrogens (tertiary/aromatic N) is 4. The molecule has 1 aromatic heterocycles. The van der Waals surface area contributed by atoms with E-state index in [0.29, 0.717) is 6.54 Å². The van der Waals surface area contributed by atoms with Crippen molar-refractivity contribution in [2.45, 2.75) is 53.1 Å². The highest BCUT2D eigenvalue weighted by atomic mass is 15.3. The SMILES string of the molecule is CCNC(=NCC(c1ccc(C)cc1)N(C)C)NC(C)Cc1c(C)nn(C)c1C. The maximum Gasteiger partial charge on any atom is 0.191 e. The first-order chi connectivity index (χ1) is 13.7. The molecule has 0 aliphatic rings. The van der Waals surface area contributed by atoms with Crippen molar-refractivity contribution < 1.29 is 0 Å². The minimum Gasteiger partial charge on any atom is -0.357 e. The number of nitrogens with one attached hydrogen (secondary N) is 2. The molecule has 1 heterocycles. The van der Waals surface area contributed by atoms with Gasteiger partial charge in [-0.05, 0) is 66.3 Å². The highest BCUT2D eigenvalue weighted by Crippen LogP contribution is 2.19. The Morgan fingerprint density at radius 1 is 1.17 bits per heavy atom. The van der Waals surface area contributed by atoms with Crippen molar-refractivity contribution in [3.8, 4) is 0 Å². The zero-order valence-corrected chi connectivity index (χ0v) is 19.4. The Labute approximate surface area is 176 Å². The fourth-order valence-electron chi connectivity index (χ4n) is 3.56. The Balaban J connectivity index is 2.10. The van der Waals surface area contributed by atoms with Gasteiger partial charge in [0.15, 0.2) is 5.96 Å². The normalized spacial score (nSPS) is 14.2. The molecule has 1 aromatic carbocycles. The molecule has 29 heavy (non-hydrogen) atoms. The monoisotopic (exact) mass is 398 g/mol. The van der Waals surface area contributed by atoms with Crippen molar-refractivity contribution in [2.24, 2.45) is 12.0 Å². The zero-order chi connectivity index (χ0) is 21.6. The first kappa shape index (κ1) is 22.9.